The normalized spacial score (nSPS) is 11.4. The minimum absolute atomic E-state index is 0.0104. The second-order valence-electron chi connectivity index (χ2n) is 6.64. The van der Waals surface area contributed by atoms with E-state index in [0.29, 0.717) is 11.4 Å². The number of aromatic nitrogens is 2. The van der Waals surface area contributed by atoms with Crippen LogP contribution < -0.4 is 16.6 Å². The molecule has 0 aliphatic carbocycles. The van der Waals surface area contributed by atoms with Crippen LogP contribution in [0.15, 0.2) is 67.6 Å². The van der Waals surface area contributed by atoms with Gasteiger partial charge in [0.2, 0.25) is 11.8 Å². The van der Waals surface area contributed by atoms with Gasteiger partial charge in [-0.1, -0.05) is 27.7 Å². The van der Waals surface area contributed by atoms with Crippen molar-refractivity contribution in [2.75, 3.05) is 11.1 Å². The molecule has 1 amide bonds. The molecule has 0 radical (unpaired) electrons. The van der Waals surface area contributed by atoms with Crippen molar-refractivity contribution in [2.24, 2.45) is 19.1 Å². The van der Waals surface area contributed by atoms with Gasteiger partial charge in [-0.3, -0.25) is 18.7 Å². The van der Waals surface area contributed by atoms with E-state index in [9.17, 15) is 23.9 Å². The first-order chi connectivity index (χ1) is 15.2. The fourth-order valence-corrected chi connectivity index (χ4v) is 3.78. The Morgan fingerprint density at radius 2 is 1.72 bits per heavy atom. The lowest BCUT2D eigenvalue weighted by Gasteiger charge is -2.12. The smallest absolute Gasteiger partial charge is 0.333 e. The number of carbonyl (C=O) groups is 1. The van der Waals surface area contributed by atoms with Gasteiger partial charge in [0.1, 0.15) is 16.4 Å². The van der Waals surface area contributed by atoms with Crippen LogP contribution >= 0.6 is 27.7 Å². The van der Waals surface area contributed by atoms with Gasteiger partial charge >= 0.3 is 5.69 Å². The fraction of sp³-hybridized carbons (Fsp3) is 0.143. The number of anilines is 1. The standard InChI is InChI=1S/C21H18BrFN4O4S/c1-26-19(29)17(20(30)27(2)21(26)31)18(25-15-9-5-13(23)6-10-15)32-11-16(28)24-14-7-3-12(22)4-8-14/h3-10,29H,11H2,1-2H3,(H,24,28). The second kappa shape index (κ2) is 9.96. The topological polar surface area (TPSA) is 106 Å². The summed E-state index contributed by atoms with van der Waals surface area (Å²) in [5, 5.41) is 13.2. The number of hydrogen-bond donors (Lipinski definition) is 2. The minimum atomic E-state index is -0.771. The summed E-state index contributed by atoms with van der Waals surface area (Å²) in [7, 11) is 2.58. The predicted octanol–water partition coefficient (Wildman–Crippen LogP) is 3.14. The fourth-order valence-electron chi connectivity index (χ4n) is 2.68. The number of amides is 1. The van der Waals surface area contributed by atoms with Crippen LogP contribution in [0.4, 0.5) is 15.8 Å². The summed E-state index contributed by atoms with van der Waals surface area (Å²) in [6.45, 7) is 0. The molecular formula is C21H18BrFN4O4S. The highest BCUT2D eigenvalue weighted by atomic mass is 79.9. The highest BCUT2D eigenvalue weighted by Crippen LogP contribution is 2.23. The number of benzene rings is 2. The van der Waals surface area contributed by atoms with Gasteiger partial charge in [-0.25, -0.2) is 14.2 Å². The minimum Gasteiger partial charge on any atom is -0.494 e. The van der Waals surface area contributed by atoms with E-state index in [1.165, 1.54) is 38.4 Å². The van der Waals surface area contributed by atoms with Gasteiger partial charge in [-0.2, -0.15) is 0 Å². The average molecular weight is 521 g/mol. The van der Waals surface area contributed by atoms with E-state index in [2.05, 4.69) is 26.2 Å². The maximum Gasteiger partial charge on any atom is 0.333 e. The first-order valence-electron chi connectivity index (χ1n) is 9.19. The number of rotatable bonds is 5. The third kappa shape index (κ3) is 5.35. The van der Waals surface area contributed by atoms with Crippen molar-refractivity contribution in [3.8, 4) is 5.88 Å². The summed E-state index contributed by atoms with van der Waals surface area (Å²) in [5.41, 5.74) is -0.836. The molecule has 11 heteroatoms. The maximum absolute atomic E-state index is 13.3. The zero-order chi connectivity index (χ0) is 23.4. The first-order valence-corrected chi connectivity index (χ1v) is 11.0. The van der Waals surface area contributed by atoms with E-state index in [-0.39, 0.29) is 22.3 Å². The van der Waals surface area contributed by atoms with Gasteiger partial charge in [0.15, 0.2) is 0 Å². The number of nitrogens with one attached hydrogen (secondary N) is 1. The highest BCUT2D eigenvalue weighted by molar-refractivity contribution is 9.10. The molecule has 0 bridgehead atoms. The number of aromatic hydroxyl groups is 1. The van der Waals surface area contributed by atoms with E-state index in [1.54, 1.807) is 24.3 Å². The Hall–Kier alpha value is -3.18. The zero-order valence-electron chi connectivity index (χ0n) is 17.0. The summed E-state index contributed by atoms with van der Waals surface area (Å²) < 4.78 is 15.9. The number of nitrogens with zero attached hydrogens (tertiary/aromatic N) is 3. The molecule has 1 aromatic heterocycles. The molecule has 0 unspecified atom stereocenters. The number of hydrogen-bond acceptors (Lipinski definition) is 6. The summed E-state index contributed by atoms with van der Waals surface area (Å²) in [4.78, 5) is 41.6. The van der Waals surface area contributed by atoms with Gasteiger partial charge < -0.3 is 10.4 Å². The Bertz CT molecular complexity index is 1300. The summed E-state index contributed by atoms with van der Waals surface area (Å²) in [6, 6.07) is 12.2. The van der Waals surface area contributed by atoms with Gasteiger partial charge in [0.25, 0.3) is 5.56 Å². The van der Waals surface area contributed by atoms with E-state index >= 15 is 0 Å². The van der Waals surface area contributed by atoms with Gasteiger partial charge in [0.05, 0.1) is 11.4 Å². The molecule has 0 aliphatic heterocycles. The second-order valence-corrected chi connectivity index (χ2v) is 8.52. The molecule has 0 saturated carbocycles. The van der Waals surface area contributed by atoms with Crippen LogP contribution in [0.1, 0.15) is 5.56 Å². The van der Waals surface area contributed by atoms with Crippen molar-refractivity contribution >= 4 is 50.0 Å². The number of carbonyl (C=O) groups excluding carboxylic acids is 1. The molecule has 0 spiro atoms. The Kier molecular flexibility index (Phi) is 7.31. The molecule has 0 atom stereocenters. The summed E-state index contributed by atoms with van der Waals surface area (Å²) >= 11 is 4.22. The predicted molar refractivity (Wildman–Crippen MR) is 126 cm³/mol. The molecule has 0 aliphatic rings. The Morgan fingerprint density at radius 3 is 2.34 bits per heavy atom. The van der Waals surface area contributed by atoms with Crippen LogP contribution in [0.5, 0.6) is 5.88 Å². The van der Waals surface area contributed by atoms with Gasteiger partial charge in [-0.05, 0) is 48.5 Å². The van der Waals surface area contributed by atoms with Crippen LogP contribution in [-0.2, 0) is 18.9 Å². The third-order valence-corrected chi connectivity index (χ3v) is 5.88. The third-order valence-electron chi connectivity index (χ3n) is 4.37. The number of thioether (sulfide) groups is 1. The molecule has 32 heavy (non-hydrogen) atoms. The molecule has 8 nitrogen and oxygen atoms in total. The number of aliphatic imine (C=N–C) groups is 1. The first kappa shape index (κ1) is 23.5. The molecule has 166 valence electrons. The zero-order valence-corrected chi connectivity index (χ0v) is 19.4. The molecule has 3 rings (SSSR count). The van der Waals surface area contributed by atoms with Crippen LogP contribution in [0, 0.1) is 5.82 Å². The van der Waals surface area contributed by atoms with Gasteiger partial charge in [-0.15, -0.1) is 0 Å². The molecule has 0 saturated heterocycles. The summed E-state index contributed by atoms with van der Waals surface area (Å²) in [5.74, 6) is -1.56. The van der Waals surface area contributed by atoms with Gasteiger partial charge in [0, 0.05) is 24.3 Å². The lowest BCUT2D eigenvalue weighted by Crippen LogP contribution is -2.39. The lowest BCUT2D eigenvalue weighted by molar-refractivity contribution is -0.113. The lowest BCUT2D eigenvalue weighted by atomic mass is 10.3. The SMILES string of the molecule is Cn1c(O)c(C(=Nc2ccc(F)cc2)SCC(=O)Nc2ccc(Br)cc2)c(=O)n(C)c1=O. The quantitative estimate of drug-likeness (QED) is 0.397. The monoisotopic (exact) mass is 520 g/mol. The van der Waals surface area contributed by atoms with Crippen LogP contribution in [0.2, 0.25) is 0 Å². The highest BCUT2D eigenvalue weighted by Gasteiger charge is 2.22. The molecular weight excluding hydrogens is 503 g/mol. The van der Waals surface area contributed by atoms with Crippen molar-refractivity contribution < 1.29 is 14.3 Å². The molecule has 2 aromatic carbocycles. The average Bonchev–Trinajstić information content (AvgIpc) is 2.77. The van der Waals surface area contributed by atoms with E-state index in [4.69, 9.17) is 0 Å². The number of halogens is 2. The van der Waals surface area contributed by atoms with Crippen molar-refractivity contribution in [1.82, 2.24) is 9.13 Å². The van der Waals surface area contributed by atoms with Crippen molar-refractivity contribution in [2.45, 2.75) is 0 Å². The Labute approximate surface area is 194 Å². The van der Waals surface area contributed by atoms with Crippen LogP contribution in [0.25, 0.3) is 0 Å². The Balaban J connectivity index is 1.96. The Morgan fingerprint density at radius 1 is 1.09 bits per heavy atom. The molecule has 1 heterocycles. The van der Waals surface area contributed by atoms with E-state index in [1.807, 2.05) is 0 Å². The summed E-state index contributed by atoms with van der Waals surface area (Å²) in [6.07, 6.45) is 0. The van der Waals surface area contributed by atoms with Crippen molar-refractivity contribution in [1.29, 1.82) is 0 Å². The molecule has 2 N–H and O–H groups in total. The largest absolute Gasteiger partial charge is 0.494 e. The van der Waals surface area contributed by atoms with E-state index < -0.39 is 22.9 Å². The van der Waals surface area contributed by atoms with Crippen molar-refractivity contribution in [3.63, 3.8) is 0 Å². The molecule has 0 fully saturated rings. The maximum atomic E-state index is 13.3. The van der Waals surface area contributed by atoms with Crippen LogP contribution in [0.3, 0.4) is 0 Å². The van der Waals surface area contributed by atoms with Crippen LogP contribution in [-0.4, -0.2) is 30.9 Å². The van der Waals surface area contributed by atoms with Crippen molar-refractivity contribution in [3.05, 3.63) is 85.2 Å². The van der Waals surface area contributed by atoms with E-state index in [0.717, 1.165) is 25.4 Å². The molecule has 3 aromatic rings.